The maximum Gasteiger partial charge on any atom is 0.246 e. The highest BCUT2D eigenvalue weighted by atomic mass is 16.3. The number of nitrogens with two attached hydrogens (primary N) is 1. The maximum atomic E-state index is 13.7. The summed E-state index contributed by atoms with van der Waals surface area (Å²) in [6.45, 7) is 1.49. The Balaban J connectivity index is 1.05. The van der Waals surface area contributed by atoms with Crippen molar-refractivity contribution in [3.63, 3.8) is 0 Å². The van der Waals surface area contributed by atoms with Gasteiger partial charge in [0.05, 0.1) is 25.7 Å². The summed E-state index contributed by atoms with van der Waals surface area (Å²) in [7, 11) is 0. The van der Waals surface area contributed by atoms with Gasteiger partial charge in [0.15, 0.2) is 0 Å². The van der Waals surface area contributed by atoms with E-state index in [1.807, 2.05) is 54.6 Å². The highest BCUT2D eigenvalue weighted by molar-refractivity contribution is 5.98. The highest BCUT2D eigenvalue weighted by Gasteiger charge is 2.29. The topological polar surface area (TPSA) is 215 Å². The highest BCUT2D eigenvalue weighted by Crippen LogP contribution is 2.24. The smallest absolute Gasteiger partial charge is 0.246 e. The number of amides is 6. The number of anilines is 1. The number of likely N-dealkylation sites (tertiary alicyclic amines) is 1. The van der Waals surface area contributed by atoms with Gasteiger partial charge < -0.3 is 47.2 Å². The van der Waals surface area contributed by atoms with Gasteiger partial charge in [-0.05, 0) is 66.6 Å². The molecule has 6 amide bonds. The summed E-state index contributed by atoms with van der Waals surface area (Å²) in [5.74, 6) is -2.95. The maximum absolute atomic E-state index is 13.7. The standard InChI is InChI=1S/C46H56N8O7/c47-39(28-35-16-18-38(55)19-17-35)45(60)48-24-20-41(56)49-31-43(58)52-40(29-34-12-6-2-7-13-34)46(61)51-30-42(57)50-32-44(59)54(36-14-8-3-9-15-36)37-22-26-53(27-23-37)25-21-33-10-4-1-5-11-33/h1-19,37,39-40,55H,20-32,47H2,(H,48,60)(H,49,56)(H,50,57)(H,51,61)(H,52,58)/t39-,40-/m0/s1. The predicted octanol–water partition coefficient (Wildman–Crippen LogP) is 1.58. The van der Waals surface area contributed by atoms with E-state index in [4.69, 9.17) is 5.73 Å². The van der Waals surface area contributed by atoms with Gasteiger partial charge >= 0.3 is 0 Å². The van der Waals surface area contributed by atoms with Crippen LogP contribution in [-0.4, -0.2) is 109 Å². The fourth-order valence-corrected chi connectivity index (χ4v) is 7.07. The van der Waals surface area contributed by atoms with E-state index < -0.39 is 54.7 Å². The van der Waals surface area contributed by atoms with E-state index in [9.17, 15) is 33.9 Å². The quantitative estimate of drug-likeness (QED) is 0.0649. The van der Waals surface area contributed by atoms with Crippen LogP contribution in [0.5, 0.6) is 5.75 Å². The van der Waals surface area contributed by atoms with Crippen LogP contribution in [0.4, 0.5) is 5.69 Å². The van der Waals surface area contributed by atoms with E-state index in [0.29, 0.717) is 0 Å². The first kappa shape index (κ1) is 45.5. The molecule has 1 fully saturated rings. The average molecular weight is 833 g/mol. The molecule has 15 nitrogen and oxygen atoms in total. The van der Waals surface area contributed by atoms with Gasteiger partial charge in [-0.15, -0.1) is 0 Å². The van der Waals surface area contributed by atoms with E-state index >= 15 is 0 Å². The Bertz CT molecular complexity index is 2030. The molecule has 0 spiro atoms. The zero-order valence-corrected chi connectivity index (χ0v) is 34.3. The third-order valence-electron chi connectivity index (χ3n) is 10.4. The zero-order chi connectivity index (χ0) is 43.4. The third-order valence-corrected chi connectivity index (χ3v) is 10.4. The number of nitrogens with one attached hydrogen (secondary N) is 5. The fraction of sp³-hybridized carbons (Fsp3) is 0.348. The lowest BCUT2D eigenvalue weighted by atomic mass is 10.0. The molecule has 4 aromatic rings. The molecule has 1 heterocycles. The Morgan fingerprint density at radius 1 is 0.639 bits per heavy atom. The molecule has 0 saturated carbocycles. The molecule has 2 atom stereocenters. The molecule has 322 valence electrons. The van der Waals surface area contributed by atoms with E-state index in [1.54, 1.807) is 41.3 Å². The molecule has 4 aromatic carbocycles. The molecule has 15 heteroatoms. The Kier molecular flexibility index (Phi) is 17.8. The number of nitrogens with zero attached hydrogens (tertiary/aromatic N) is 2. The van der Waals surface area contributed by atoms with Crippen LogP contribution < -0.4 is 37.2 Å². The summed E-state index contributed by atoms with van der Waals surface area (Å²) >= 11 is 0. The van der Waals surface area contributed by atoms with Crippen molar-refractivity contribution < 1.29 is 33.9 Å². The van der Waals surface area contributed by atoms with Crippen LogP contribution in [0.2, 0.25) is 0 Å². The molecule has 1 saturated heterocycles. The normalized spacial score (nSPS) is 13.9. The molecular weight excluding hydrogens is 777 g/mol. The Labute approximate surface area is 356 Å². The van der Waals surface area contributed by atoms with Crippen LogP contribution in [0.1, 0.15) is 36.0 Å². The van der Waals surface area contributed by atoms with Gasteiger partial charge in [0.25, 0.3) is 0 Å². The molecule has 0 aromatic heterocycles. The second-order valence-corrected chi connectivity index (χ2v) is 15.0. The van der Waals surface area contributed by atoms with Crippen LogP contribution in [0.3, 0.4) is 0 Å². The third kappa shape index (κ3) is 15.5. The lowest BCUT2D eigenvalue weighted by Gasteiger charge is -2.38. The fourth-order valence-electron chi connectivity index (χ4n) is 7.07. The van der Waals surface area contributed by atoms with Gasteiger partial charge in [-0.1, -0.05) is 91.0 Å². The van der Waals surface area contributed by atoms with Crippen LogP contribution in [0.15, 0.2) is 115 Å². The number of benzene rings is 4. The number of hydrogen-bond acceptors (Lipinski definition) is 9. The van der Waals surface area contributed by atoms with Crippen LogP contribution in [0, 0.1) is 0 Å². The second kappa shape index (κ2) is 23.9. The predicted molar refractivity (Wildman–Crippen MR) is 232 cm³/mol. The van der Waals surface area contributed by atoms with E-state index in [-0.39, 0.29) is 50.1 Å². The minimum absolute atomic E-state index is 0.0125. The Morgan fingerprint density at radius 3 is 1.87 bits per heavy atom. The second-order valence-electron chi connectivity index (χ2n) is 15.0. The number of carbonyl (C=O) groups is 6. The SMILES string of the molecule is N[C@@H](Cc1ccc(O)cc1)C(=O)NCCC(=O)NCC(=O)N[C@@H](Cc1ccccc1)C(=O)NCC(=O)NCC(=O)N(c1ccccc1)C1CCN(CCc2ccccc2)CC1. The van der Waals surface area contributed by atoms with Gasteiger partial charge in [-0.25, -0.2) is 0 Å². The van der Waals surface area contributed by atoms with Crippen molar-refractivity contribution in [1.82, 2.24) is 31.5 Å². The molecule has 61 heavy (non-hydrogen) atoms. The van der Waals surface area contributed by atoms with Gasteiger partial charge in [0, 0.05) is 50.7 Å². The number of aromatic hydroxyl groups is 1. The molecule has 0 unspecified atom stereocenters. The molecule has 8 N–H and O–H groups in total. The van der Waals surface area contributed by atoms with Crippen LogP contribution >= 0.6 is 0 Å². The largest absolute Gasteiger partial charge is 0.508 e. The van der Waals surface area contributed by atoms with E-state index in [1.165, 1.54) is 17.7 Å². The Hall–Kier alpha value is -6.58. The van der Waals surface area contributed by atoms with Crippen molar-refractivity contribution in [3.8, 4) is 5.75 Å². The number of rotatable bonds is 21. The summed E-state index contributed by atoms with van der Waals surface area (Å²) in [5.41, 5.74) is 9.54. The van der Waals surface area contributed by atoms with Gasteiger partial charge in [-0.2, -0.15) is 0 Å². The number of phenols is 1. The van der Waals surface area contributed by atoms with Crippen LogP contribution in [-0.2, 0) is 48.0 Å². The summed E-state index contributed by atoms with van der Waals surface area (Å²) < 4.78 is 0. The number of carbonyl (C=O) groups excluding carboxylic acids is 6. The summed E-state index contributed by atoms with van der Waals surface area (Å²) in [6, 6.07) is 33.1. The summed E-state index contributed by atoms with van der Waals surface area (Å²) in [4.78, 5) is 82.0. The monoisotopic (exact) mass is 832 g/mol. The number of piperidine rings is 1. The van der Waals surface area contributed by atoms with Crippen molar-refractivity contribution in [2.45, 2.75) is 56.7 Å². The zero-order valence-electron chi connectivity index (χ0n) is 34.3. The van der Waals surface area contributed by atoms with Gasteiger partial charge in [0.2, 0.25) is 35.4 Å². The first-order chi connectivity index (χ1) is 29.5. The molecule has 1 aliphatic rings. The average Bonchev–Trinajstić information content (AvgIpc) is 3.28. The number of hydrogen-bond donors (Lipinski definition) is 7. The summed E-state index contributed by atoms with van der Waals surface area (Å²) in [6.07, 6.45) is 2.76. The first-order valence-corrected chi connectivity index (χ1v) is 20.6. The van der Waals surface area contributed by atoms with Crippen molar-refractivity contribution in [3.05, 3.63) is 132 Å². The van der Waals surface area contributed by atoms with Gasteiger partial charge in [-0.3, -0.25) is 28.8 Å². The van der Waals surface area contributed by atoms with Crippen molar-refractivity contribution >= 4 is 41.1 Å². The number of para-hydroxylation sites is 1. The van der Waals surface area contributed by atoms with E-state index in [0.717, 1.165) is 55.7 Å². The van der Waals surface area contributed by atoms with Crippen molar-refractivity contribution in [2.75, 3.05) is 50.7 Å². The lowest BCUT2D eigenvalue weighted by Crippen LogP contribution is -2.53. The minimum Gasteiger partial charge on any atom is -0.508 e. The van der Waals surface area contributed by atoms with Gasteiger partial charge in [0.1, 0.15) is 11.8 Å². The van der Waals surface area contributed by atoms with Crippen molar-refractivity contribution in [1.29, 1.82) is 0 Å². The molecule has 0 aliphatic carbocycles. The molecule has 1 aliphatic heterocycles. The molecule has 5 rings (SSSR count). The first-order valence-electron chi connectivity index (χ1n) is 20.6. The van der Waals surface area contributed by atoms with E-state index in [2.05, 4.69) is 43.6 Å². The summed E-state index contributed by atoms with van der Waals surface area (Å²) in [5, 5.41) is 22.4. The Morgan fingerprint density at radius 2 is 1.21 bits per heavy atom. The lowest BCUT2D eigenvalue weighted by molar-refractivity contribution is -0.131. The van der Waals surface area contributed by atoms with Crippen LogP contribution in [0.25, 0.3) is 0 Å². The molecule has 0 bridgehead atoms. The molecule has 0 radical (unpaired) electrons. The number of phenolic OH excluding ortho intramolecular Hbond substituents is 1. The minimum atomic E-state index is -1.08. The van der Waals surface area contributed by atoms with Crippen molar-refractivity contribution in [2.24, 2.45) is 5.73 Å². The molecular formula is C46H56N8O7.